The fourth-order valence-electron chi connectivity index (χ4n) is 2.23. The van der Waals surface area contributed by atoms with Gasteiger partial charge in [0.05, 0.1) is 11.8 Å². The number of rotatable bonds is 3. The minimum absolute atomic E-state index is 0.168. The van der Waals surface area contributed by atoms with Crippen molar-refractivity contribution in [3.8, 4) is 0 Å². The van der Waals surface area contributed by atoms with Gasteiger partial charge >= 0.3 is 0 Å². The second-order valence-corrected chi connectivity index (χ2v) is 4.55. The van der Waals surface area contributed by atoms with Gasteiger partial charge in [0, 0.05) is 25.1 Å². The van der Waals surface area contributed by atoms with Crippen LogP contribution in [0.25, 0.3) is 0 Å². The quantitative estimate of drug-likeness (QED) is 0.829. The van der Waals surface area contributed by atoms with Crippen molar-refractivity contribution < 1.29 is 5.11 Å². The number of aliphatic hydroxyl groups excluding tert-OH is 1. The highest BCUT2D eigenvalue weighted by Crippen LogP contribution is 2.21. The van der Waals surface area contributed by atoms with Crippen LogP contribution >= 0.6 is 0 Å². The Balaban J connectivity index is 1.82. The predicted octanol–water partition coefficient (Wildman–Crippen LogP) is 1.07. The van der Waals surface area contributed by atoms with E-state index in [1.165, 1.54) is 0 Å². The van der Waals surface area contributed by atoms with E-state index in [1.54, 1.807) is 12.4 Å². The van der Waals surface area contributed by atoms with Crippen molar-refractivity contribution in [3.05, 3.63) is 24.3 Å². The minimum atomic E-state index is -0.168. The normalized spacial score (nSPS) is 20.9. The molecule has 88 valence electrons. The summed E-state index contributed by atoms with van der Waals surface area (Å²) in [4.78, 5) is 10.7. The first-order valence-electron chi connectivity index (χ1n) is 5.91. The van der Waals surface area contributed by atoms with Gasteiger partial charge in [-0.3, -0.25) is 14.9 Å². The van der Waals surface area contributed by atoms with Crippen LogP contribution < -0.4 is 0 Å². The van der Waals surface area contributed by atoms with Crippen molar-refractivity contribution in [3.63, 3.8) is 0 Å². The van der Waals surface area contributed by atoms with Crippen LogP contribution in [0.3, 0.4) is 0 Å². The predicted molar refractivity (Wildman–Crippen MR) is 61.7 cm³/mol. The Morgan fingerprint density at radius 2 is 2.19 bits per heavy atom. The van der Waals surface area contributed by atoms with E-state index >= 15 is 0 Å². The fraction of sp³-hybridized carbons (Fsp3) is 0.667. The Hall–Kier alpha value is -1.00. The Bertz CT molecular complexity index is 307. The van der Waals surface area contributed by atoms with E-state index in [0.717, 1.165) is 38.2 Å². The molecule has 0 aliphatic carbocycles. The monoisotopic (exact) mass is 221 g/mol. The maximum absolute atomic E-state index is 9.51. The first-order valence-corrected chi connectivity index (χ1v) is 5.91. The van der Waals surface area contributed by atoms with Crippen molar-refractivity contribution in [2.24, 2.45) is 5.92 Å². The van der Waals surface area contributed by atoms with Gasteiger partial charge in [0.25, 0.3) is 0 Å². The van der Waals surface area contributed by atoms with E-state index in [9.17, 15) is 5.11 Å². The van der Waals surface area contributed by atoms with Crippen LogP contribution in [-0.2, 0) is 6.54 Å². The number of likely N-dealkylation sites (tertiary alicyclic amines) is 1. The zero-order chi connectivity index (χ0) is 11.4. The molecule has 1 aliphatic heterocycles. The summed E-state index contributed by atoms with van der Waals surface area (Å²) in [6.45, 7) is 4.86. The molecule has 4 nitrogen and oxygen atoms in total. The van der Waals surface area contributed by atoms with Crippen LogP contribution in [0.1, 0.15) is 25.5 Å². The van der Waals surface area contributed by atoms with E-state index in [2.05, 4.69) is 14.9 Å². The molecule has 1 fully saturated rings. The molecule has 0 amide bonds. The number of hydrogen-bond acceptors (Lipinski definition) is 4. The molecule has 1 atom stereocenters. The largest absolute Gasteiger partial charge is 0.393 e. The lowest BCUT2D eigenvalue weighted by atomic mass is 9.92. The van der Waals surface area contributed by atoms with Gasteiger partial charge in [-0.1, -0.05) is 0 Å². The molecule has 1 unspecified atom stereocenters. The minimum Gasteiger partial charge on any atom is -0.393 e. The van der Waals surface area contributed by atoms with E-state index in [4.69, 9.17) is 0 Å². The lowest BCUT2D eigenvalue weighted by Crippen LogP contribution is -2.36. The van der Waals surface area contributed by atoms with Crippen LogP contribution in [0.15, 0.2) is 18.6 Å². The summed E-state index contributed by atoms with van der Waals surface area (Å²) in [6, 6.07) is 0. The molecule has 2 heterocycles. The smallest absolute Gasteiger partial charge is 0.0726 e. The summed E-state index contributed by atoms with van der Waals surface area (Å²) in [5.41, 5.74) is 1.03. The van der Waals surface area contributed by atoms with Crippen molar-refractivity contribution in [2.45, 2.75) is 32.4 Å². The summed E-state index contributed by atoms with van der Waals surface area (Å²) in [6.07, 6.45) is 7.25. The number of hydrogen-bond donors (Lipinski definition) is 1. The van der Waals surface area contributed by atoms with Gasteiger partial charge in [-0.2, -0.15) is 0 Å². The Labute approximate surface area is 96.3 Å². The maximum Gasteiger partial charge on any atom is 0.0726 e. The second kappa shape index (κ2) is 5.37. The number of aromatic nitrogens is 2. The number of nitrogens with zero attached hydrogens (tertiary/aromatic N) is 3. The molecule has 4 heteroatoms. The van der Waals surface area contributed by atoms with Crippen molar-refractivity contribution in [2.75, 3.05) is 13.1 Å². The Morgan fingerprint density at radius 3 is 2.75 bits per heavy atom. The molecule has 1 aromatic heterocycles. The summed E-state index contributed by atoms with van der Waals surface area (Å²) >= 11 is 0. The molecule has 1 aliphatic rings. The van der Waals surface area contributed by atoms with Crippen LogP contribution in [0, 0.1) is 5.92 Å². The van der Waals surface area contributed by atoms with Crippen LogP contribution in [0.4, 0.5) is 0 Å². The summed E-state index contributed by atoms with van der Waals surface area (Å²) in [7, 11) is 0. The molecule has 0 aromatic carbocycles. The Morgan fingerprint density at radius 1 is 1.44 bits per heavy atom. The van der Waals surface area contributed by atoms with Gasteiger partial charge in [-0.15, -0.1) is 0 Å². The van der Waals surface area contributed by atoms with E-state index < -0.39 is 0 Å². The lowest BCUT2D eigenvalue weighted by molar-refractivity contribution is 0.0691. The third kappa shape index (κ3) is 3.00. The van der Waals surface area contributed by atoms with Crippen molar-refractivity contribution in [1.82, 2.24) is 14.9 Å². The standard InChI is InChI=1S/C12H19N3O/c1-10(16)11-2-6-15(7-3-11)9-12-8-13-4-5-14-12/h4-5,8,10-11,16H,2-3,6-7,9H2,1H3. The highest BCUT2D eigenvalue weighted by Gasteiger charge is 2.22. The first-order chi connectivity index (χ1) is 7.75. The first kappa shape index (κ1) is 11.5. The second-order valence-electron chi connectivity index (χ2n) is 4.55. The highest BCUT2D eigenvalue weighted by atomic mass is 16.3. The SMILES string of the molecule is CC(O)C1CCN(Cc2cnccn2)CC1. The molecule has 1 N–H and O–H groups in total. The van der Waals surface area contributed by atoms with E-state index in [1.807, 2.05) is 13.1 Å². The molecule has 1 aromatic rings. The highest BCUT2D eigenvalue weighted by molar-refractivity contribution is 4.94. The third-order valence-corrected chi connectivity index (χ3v) is 3.32. The van der Waals surface area contributed by atoms with Crippen molar-refractivity contribution >= 4 is 0 Å². The maximum atomic E-state index is 9.51. The van der Waals surface area contributed by atoms with Gasteiger partial charge in [-0.25, -0.2) is 0 Å². The lowest BCUT2D eigenvalue weighted by Gasteiger charge is -2.32. The molecule has 0 spiro atoms. The molecular weight excluding hydrogens is 202 g/mol. The van der Waals surface area contributed by atoms with Gasteiger partial charge < -0.3 is 5.11 Å². The van der Waals surface area contributed by atoms with Crippen molar-refractivity contribution in [1.29, 1.82) is 0 Å². The van der Waals surface area contributed by atoms with Gasteiger partial charge in [0.1, 0.15) is 0 Å². The van der Waals surface area contributed by atoms with E-state index in [-0.39, 0.29) is 6.10 Å². The molecule has 0 radical (unpaired) electrons. The zero-order valence-electron chi connectivity index (χ0n) is 9.71. The van der Waals surface area contributed by atoms with Crippen LogP contribution in [0.5, 0.6) is 0 Å². The number of piperidine rings is 1. The van der Waals surface area contributed by atoms with Gasteiger partial charge in [0.15, 0.2) is 0 Å². The topological polar surface area (TPSA) is 49.2 Å². The summed E-state index contributed by atoms with van der Waals surface area (Å²) < 4.78 is 0. The molecule has 16 heavy (non-hydrogen) atoms. The zero-order valence-corrected chi connectivity index (χ0v) is 9.71. The summed E-state index contributed by atoms with van der Waals surface area (Å²) in [5, 5.41) is 9.51. The average Bonchev–Trinajstić information content (AvgIpc) is 2.31. The van der Waals surface area contributed by atoms with E-state index in [0.29, 0.717) is 5.92 Å². The molecule has 0 bridgehead atoms. The van der Waals surface area contributed by atoms with Crippen LogP contribution in [-0.4, -0.2) is 39.2 Å². The van der Waals surface area contributed by atoms with Gasteiger partial charge in [0.2, 0.25) is 0 Å². The number of aliphatic hydroxyl groups is 1. The fourth-order valence-corrected chi connectivity index (χ4v) is 2.23. The van der Waals surface area contributed by atoms with Crippen LogP contribution in [0.2, 0.25) is 0 Å². The third-order valence-electron chi connectivity index (χ3n) is 3.32. The molecule has 0 saturated carbocycles. The van der Waals surface area contributed by atoms with Gasteiger partial charge in [-0.05, 0) is 38.8 Å². The average molecular weight is 221 g/mol. The summed E-state index contributed by atoms with van der Waals surface area (Å²) in [5.74, 6) is 0.470. The molecular formula is C12H19N3O. The Kier molecular flexibility index (Phi) is 3.85. The molecule has 1 saturated heterocycles. The molecule has 2 rings (SSSR count).